The number of nitrogens with zero attached hydrogens (tertiary/aromatic N) is 2. The summed E-state index contributed by atoms with van der Waals surface area (Å²) in [4.78, 5) is 12.4. The zero-order valence-corrected chi connectivity index (χ0v) is 14.7. The monoisotopic (exact) mass is 353 g/mol. The minimum Gasteiger partial charge on any atom is -0.349 e. The molecular weight excluding hydrogens is 334 g/mol. The van der Waals surface area contributed by atoms with Crippen molar-refractivity contribution in [2.45, 2.75) is 38.3 Å². The van der Waals surface area contributed by atoms with E-state index >= 15 is 0 Å². The largest absolute Gasteiger partial charge is 0.349 e. The summed E-state index contributed by atoms with van der Waals surface area (Å²) < 4.78 is 1.86. The maximum absolute atomic E-state index is 12.4. The third kappa shape index (κ3) is 3.40. The average Bonchev–Trinajstić information content (AvgIpc) is 3.02. The van der Waals surface area contributed by atoms with Crippen LogP contribution in [0.4, 0.5) is 0 Å². The van der Waals surface area contributed by atoms with Gasteiger partial charge in [0.2, 0.25) is 5.91 Å². The fourth-order valence-corrected chi connectivity index (χ4v) is 3.79. The molecule has 4 rings (SSSR count). The van der Waals surface area contributed by atoms with Gasteiger partial charge in [0.15, 0.2) is 0 Å². The lowest BCUT2D eigenvalue weighted by Crippen LogP contribution is -2.31. The Bertz CT molecular complexity index is 918. The molecule has 4 nitrogen and oxygen atoms in total. The van der Waals surface area contributed by atoms with E-state index in [0.29, 0.717) is 18.0 Å². The molecule has 1 N–H and O–H groups in total. The first-order chi connectivity index (χ1) is 12.2. The predicted molar refractivity (Wildman–Crippen MR) is 99.6 cm³/mol. The van der Waals surface area contributed by atoms with Crippen LogP contribution in [0, 0.1) is 0 Å². The second-order valence-corrected chi connectivity index (χ2v) is 6.97. The lowest BCUT2D eigenvalue weighted by molar-refractivity contribution is -0.122. The van der Waals surface area contributed by atoms with E-state index in [9.17, 15) is 4.79 Å². The number of amides is 1. The second kappa shape index (κ2) is 6.89. The highest BCUT2D eigenvalue weighted by Crippen LogP contribution is 2.29. The number of carbonyl (C=O) groups is 1. The van der Waals surface area contributed by atoms with E-state index < -0.39 is 0 Å². The Hall–Kier alpha value is -2.33. The Morgan fingerprint density at radius 2 is 2.16 bits per heavy atom. The summed E-state index contributed by atoms with van der Waals surface area (Å²) in [6.07, 6.45) is 5.43. The van der Waals surface area contributed by atoms with E-state index in [-0.39, 0.29) is 11.9 Å². The van der Waals surface area contributed by atoms with Gasteiger partial charge in [-0.15, -0.1) is 0 Å². The van der Waals surface area contributed by atoms with Crippen molar-refractivity contribution in [1.82, 2.24) is 15.1 Å². The van der Waals surface area contributed by atoms with Crippen LogP contribution in [0.5, 0.6) is 0 Å². The number of carbonyl (C=O) groups excluding carboxylic acids is 1. The first-order valence-corrected chi connectivity index (χ1v) is 9.07. The average molecular weight is 354 g/mol. The molecule has 0 fully saturated rings. The van der Waals surface area contributed by atoms with Crippen molar-refractivity contribution in [3.8, 4) is 0 Å². The van der Waals surface area contributed by atoms with Crippen LogP contribution in [0.2, 0.25) is 5.02 Å². The first-order valence-electron chi connectivity index (χ1n) is 8.69. The molecule has 1 aromatic heterocycles. The van der Waals surface area contributed by atoms with Gasteiger partial charge in [-0.2, -0.15) is 5.10 Å². The molecule has 1 atom stereocenters. The van der Waals surface area contributed by atoms with Crippen molar-refractivity contribution in [1.29, 1.82) is 0 Å². The topological polar surface area (TPSA) is 46.9 Å². The summed E-state index contributed by atoms with van der Waals surface area (Å²) in [6, 6.07) is 14.2. The van der Waals surface area contributed by atoms with Crippen LogP contribution in [0.15, 0.2) is 48.7 Å². The van der Waals surface area contributed by atoms with Crippen LogP contribution in [-0.4, -0.2) is 15.7 Å². The maximum Gasteiger partial charge on any atom is 0.222 e. The van der Waals surface area contributed by atoms with Gasteiger partial charge in [0.1, 0.15) is 0 Å². The standard InChI is InChI=1S/C20H20ClN3O/c21-16-8-9-19-15(12-16)13-22-24(19)11-10-20(25)23-18-7-3-5-14-4-1-2-6-17(14)18/h1-2,4,6,8-9,12-13,18H,3,5,7,10-11H2,(H,23,25). The summed E-state index contributed by atoms with van der Waals surface area (Å²) >= 11 is 6.00. The normalized spacial score (nSPS) is 16.6. The molecule has 2 aromatic carbocycles. The van der Waals surface area contributed by atoms with Crippen LogP contribution in [0.1, 0.15) is 36.4 Å². The summed E-state index contributed by atoms with van der Waals surface area (Å²) in [7, 11) is 0. The number of rotatable bonds is 4. The molecular formula is C20H20ClN3O. The van der Waals surface area contributed by atoms with Gasteiger partial charge in [0.05, 0.1) is 24.3 Å². The number of aryl methyl sites for hydroxylation is 2. The highest BCUT2D eigenvalue weighted by molar-refractivity contribution is 6.31. The molecule has 128 valence electrons. The zero-order valence-electron chi connectivity index (χ0n) is 13.9. The highest BCUT2D eigenvalue weighted by Gasteiger charge is 2.21. The second-order valence-electron chi connectivity index (χ2n) is 6.53. The van der Waals surface area contributed by atoms with Crippen molar-refractivity contribution in [2.24, 2.45) is 0 Å². The third-order valence-electron chi connectivity index (χ3n) is 4.86. The molecule has 1 unspecified atom stereocenters. The number of hydrogen-bond acceptors (Lipinski definition) is 2. The van der Waals surface area contributed by atoms with Gasteiger partial charge in [-0.05, 0) is 48.6 Å². The fraction of sp³-hybridized carbons (Fsp3) is 0.300. The minimum absolute atomic E-state index is 0.0688. The third-order valence-corrected chi connectivity index (χ3v) is 5.09. The number of hydrogen-bond donors (Lipinski definition) is 1. The van der Waals surface area contributed by atoms with Gasteiger partial charge in [0.25, 0.3) is 0 Å². The van der Waals surface area contributed by atoms with Crippen LogP contribution < -0.4 is 5.32 Å². The number of aromatic nitrogens is 2. The molecule has 1 heterocycles. The van der Waals surface area contributed by atoms with E-state index in [1.165, 1.54) is 11.1 Å². The molecule has 0 aliphatic heterocycles. The van der Waals surface area contributed by atoms with E-state index in [2.05, 4.69) is 28.6 Å². The molecule has 0 spiro atoms. The Morgan fingerprint density at radius 1 is 1.28 bits per heavy atom. The Kier molecular flexibility index (Phi) is 4.45. The van der Waals surface area contributed by atoms with E-state index in [0.717, 1.165) is 30.2 Å². The lowest BCUT2D eigenvalue weighted by Gasteiger charge is -2.26. The van der Waals surface area contributed by atoms with Crippen molar-refractivity contribution < 1.29 is 4.79 Å². The van der Waals surface area contributed by atoms with Gasteiger partial charge in [-0.1, -0.05) is 35.9 Å². The van der Waals surface area contributed by atoms with Crippen molar-refractivity contribution in [3.63, 3.8) is 0 Å². The molecule has 0 saturated heterocycles. The molecule has 0 saturated carbocycles. The van der Waals surface area contributed by atoms with Gasteiger partial charge in [-0.3, -0.25) is 9.48 Å². The molecule has 0 bridgehead atoms. The quantitative estimate of drug-likeness (QED) is 0.761. The fourth-order valence-electron chi connectivity index (χ4n) is 3.61. The summed E-state index contributed by atoms with van der Waals surface area (Å²) in [5.41, 5.74) is 3.62. The summed E-state index contributed by atoms with van der Waals surface area (Å²) in [5, 5.41) is 9.25. The molecule has 1 amide bonds. The molecule has 1 aliphatic carbocycles. The molecule has 25 heavy (non-hydrogen) atoms. The maximum atomic E-state index is 12.4. The number of benzene rings is 2. The SMILES string of the molecule is O=C(CCn1ncc2cc(Cl)ccc21)NC1CCCc2ccccc21. The zero-order chi connectivity index (χ0) is 17.2. The van der Waals surface area contributed by atoms with Crippen molar-refractivity contribution in [3.05, 3.63) is 64.8 Å². The van der Waals surface area contributed by atoms with Crippen LogP contribution in [-0.2, 0) is 17.8 Å². The predicted octanol–water partition coefficient (Wildman–Crippen LogP) is 4.27. The Morgan fingerprint density at radius 3 is 3.08 bits per heavy atom. The lowest BCUT2D eigenvalue weighted by atomic mass is 9.88. The van der Waals surface area contributed by atoms with Gasteiger partial charge >= 0.3 is 0 Å². The highest BCUT2D eigenvalue weighted by atomic mass is 35.5. The van der Waals surface area contributed by atoms with E-state index in [4.69, 9.17) is 11.6 Å². The summed E-state index contributed by atoms with van der Waals surface area (Å²) in [5.74, 6) is 0.0688. The van der Waals surface area contributed by atoms with Crippen molar-refractivity contribution >= 4 is 28.4 Å². The van der Waals surface area contributed by atoms with Crippen LogP contribution in [0.3, 0.4) is 0 Å². The van der Waals surface area contributed by atoms with Gasteiger partial charge in [0, 0.05) is 16.8 Å². The molecule has 0 radical (unpaired) electrons. The summed E-state index contributed by atoms with van der Waals surface area (Å²) in [6.45, 7) is 0.561. The van der Waals surface area contributed by atoms with Gasteiger partial charge < -0.3 is 5.32 Å². The first kappa shape index (κ1) is 16.2. The van der Waals surface area contributed by atoms with Gasteiger partial charge in [-0.25, -0.2) is 0 Å². The smallest absolute Gasteiger partial charge is 0.222 e. The van der Waals surface area contributed by atoms with E-state index in [1.54, 1.807) is 6.20 Å². The van der Waals surface area contributed by atoms with Crippen LogP contribution >= 0.6 is 11.6 Å². The van der Waals surface area contributed by atoms with Crippen molar-refractivity contribution in [2.75, 3.05) is 0 Å². The number of nitrogens with one attached hydrogen (secondary N) is 1. The molecule has 1 aliphatic rings. The Balaban J connectivity index is 1.41. The molecule has 5 heteroatoms. The number of fused-ring (bicyclic) bond motifs is 2. The molecule has 3 aromatic rings. The Labute approximate surface area is 151 Å². The van der Waals surface area contributed by atoms with E-state index in [1.807, 2.05) is 28.9 Å². The number of halogens is 1. The minimum atomic E-state index is 0.0688. The van der Waals surface area contributed by atoms with Crippen LogP contribution in [0.25, 0.3) is 10.9 Å².